The molecule has 0 saturated carbocycles. The normalized spacial score (nSPS) is 14.0. The molecule has 0 rings (SSSR count). The first-order valence-electron chi connectivity index (χ1n) is 4.90. The van der Waals surface area contributed by atoms with E-state index in [2.05, 4.69) is 10.6 Å². The summed E-state index contributed by atoms with van der Waals surface area (Å²) in [5, 5.41) is 23.2. The van der Waals surface area contributed by atoms with Crippen molar-refractivity contribution in [2.45, 2.75) is 12.5 Å². The first kappa shape index (κ1) is 14.7. The minimum absolute atomic E-state index is 0.328. The Balaban J connectivity index is 4.02. The van der Waals surface area contributed by atoms with Crippen LogP contribution in [0.15, 0.2) is 0 Å². The predicted molar refractivity (Wildman–Crippen MR) is 58.2 cm³/mol. The van der Waals surface area contributed by atoms with Gasteiger partial charge in [0.1, 0.15) is 0 Å². The van der Waals surface area contributed by atoms with Gasteiger partial charge in [0.15, 0.2) is 5.60 Å². The maximum absolute atomic E-state index is 11.4. The molecule has 0 radical (unpaired) electrons. The van der Waals surface area contributed by atoms with Crippen LogP contribution >= 0.6 is 0 Å². The zero-order valence-electron chi connectivity index (χ0n) is 9.78. The van der Waals surface area contributed by atoms with Gasteiger partial charge in [-0.2, -0.15) is 0 Å². The summed E-state index contributed by atoms with van der Waals surface area (Å²) in [7, 11) is 3.35. The molecule has 0 heterocycles. The average molecular weight is 233 g/mol. The van der Waals surface area contributed by atoms with Crippen LogP contribution in [0.4, 0.5) is 4.79 Å². The Morgan fingerprint density at radius 2 is 2.00 bits per heavy atom. The van der Waals surface area contributed by atoms with Gasteiger partial charge in [0.05, 0.1) is 6.54 Å². The Kier molecular flexibility index (Phi) is 5.76. The molecule has 0 spiro atoms. The molecule has 7 nitrogen and oxygen atoms in total. The Morgan fingerprint density at radius 3 is 2.44 bits per heavy atom. The SMILES string of the molecule is CNCCN(C)C(=O)NCC(C)(O)C(=O)O. The molecule has 0 aliphatic rings. The number of rotatable bonds is 6. The van der Waals surface area contributed by atoms with E-state index in [-0.39, 0.29) is 6.54 Å². The molecule has 0 aliphatic heterocycles. The maximum atomic E-state index is 11.4. The van der Waals surface area contributed by atoms with Crippen LogP contribution < -0.4 is 10.6 Å². The van der Waals surface area contributed by atoms with Crippen molar-refractivity contribution in [3.63, 3.8) is 0 Å². The van der Waals surface area contributed by atoms with Gasteiger partial charge < -0.3 is 25.7 Å². The quantitative estimate of drug-likeness (QED) is 0.456. The summed E-state index contributed by atoms with van der Waals surface area (Å²) in [6, 6.07) is -0.420. The molecule has 0 aliphatic carbocycles. The largest absolute Gasteiger partial charge is 0.479 e. The number of carbonyl (C=O) groups excluding carboxylic acids is 1. The van der Waals surface area contributed by atoms with E-state index in [0.29, 0.717) is 13.1 Å². The van der Waals surface area contributed by atoms with E-state index in [1.165, 1.54) is 4.90 Å². The van der Waals surface area contributed by atoms with Crippen LogP contribution in [0.5, 0.6) is 0 Å². The fraction of sp³-hybridized carbons (Fsp3) is 0.778. The number of aliphatic carboxylic acids is 1. The lowest BCUT2D eigenvalue weighted by molar-refractivity contribution is -0.155. The third-order valence-electron chi connectivity index (χ3n) is 2.09. The van der Waals surface area contributed by atoms with E-state index in [9.17, 15) is 14.7 Å². The topological polar surface area (TPSA) is 102 Å². The lowest BCUT2D eigenvalue weighted by Gasteiger charge is -2.22. The van der Waals surface area contributed by atoms with Gasteiger partial charge in [0.2, 0.25) is 0 Å². The van der Waals surface area contributed by atoms with Gasteiger partial charge in [-0.15, -0.1) is 0 Å². The average Bonchev–Trinajstić information content (AvgIpc) is 2.22. The molecular weight excluding hydrogens is 214 g/mol. The molecule has 0 bridgehead atoms. The van der Waals surface area contributed by atoms with Crippen LogP contribution in [0.1, 0.15) is 6.92 Å². The first-order valence-corrected chi connectivity index (χ1v) is 4.90. The van der Waals surface area contributed by atoms with E-state index in [1.807, 2.05) is 0 Å². The predicted octanol–water partition coefficient (Wildman–Crippen LogP) is -1.32. The highest BCUT2D eigenvalue weighted by molar-refractivity contribution is 5.79. The number of carboxylic acids is 1. The van der Waals surface area contributed by atoms with Gasteiger partial charge in [-0.05, 0) is 14.0 Å². The molecule has 2 amide bonds. The van der Waals surface area contributed by atoms with E-state index < -0.39 is 17.6 Å². The van der Waals surface area contributed by atoms with Crippen molar-refractivity contribution in [3.8, 4) is 0 Å². The fourth-order valence-corrected chi connectivity index (χ4v) is 0.839. The van der Waals surface area contributed by atoms with Crippen molar-refractivity contribution >= 4 is 12.0 Å². The molecule has 1 atom stereocenters. The summed E-state index contributed by atoms with van der Waals surface area (Å²) >= 11 is 0. The summed E-state index contributed by atoms with van der Waals surface area (Å²) in [6.45, 7) is 1.94. The Morgan fingerprint density at radius 1 is 1.44 bits per heavy atom. The number of amides is 2. The van der Waals surface area contributed by atoms with Crippen LogP contribution in [0.25, 0.3) is 0 Å². The molecule has 16 heavy (non-hydrogen) atoms. The smallest absolute Gasteiger partial charge is 0.337 e. The number of carboxylic acid groups (broad SMARTS) is 1. The van der Waals surface area contributed by atoms with Crippen LogP contribution in [-0.2, 0) is 4.79 Å². The second kappa shape index (κ2) is 6.29. The van der Waals surface area contributed by atoms with Gasteiger partial charge in [-0.1, -0.05) is 0 Å². The number of carbonyl (C=O) groups is 2. The number of nitrogens with zero attached hydrogens (tertiary/aromatic N) is 1. The molecule has 0 aromatic rings. The Labute approximate surface area is 94.4 Å². The van der Waals surface area contributed by atoms with Crippen molar-refractivity contribution in [3.05, 3.63) is 0 Å². The molecule has 7 heteroatoms. The minimum Gasteiger partial charge on any atom is -0.479 e. The number of urea groups is 1. The third kappa shape index (κ3) is 4.94. The molecular formula is C9H19N3O4. The summed E-state index contributed by atoms with van der Waals surface area (Å²) in [5.74, 6) is -1.37. The zero-order chi connectivity index (χ0) is 12.8. The number of hydrogen-bond donors (Lipinski definition) is 4. The highest BCUT2D eigenvalue weighted by Crippen LogP contribution is 2.00. The summed E-state index contributed by atoms with van der Waals surface area (Å²) in [6.07, 6.45) is 0. The molecule has 0 fully saturated rings. The van der Waals surface area contributed by atoms with Crippen LogP contribution in [0, 0.1) is 0 Å². The standard InChI is InChI=1S/C9H19N3O4/c1-9(16,7(13)14)6-11-8(15)12(3)5-4-10-2/h10,16H,4-6H2,1-3H3,(H,11,15)(H,13,14). The lowest BCUT2D eigenvalue weighted by Crippen LogP contribution is -2.50. The van der Waals surface area contributed by atoms with Gasteiger partial charge in [0, 0.05) is 20.1 Å². The van der Waals surface area contributed by atoms with Crippen LogP contribution in [0.2, 0.25) is 0 Å². The second-order valence-electron chi connectivity index (χ2n) is 3.76. The van der Waals surface area contributed by atoms with E-state index in [0.717, 1.165) is 6.92 Å². The van der Waals surface area contributed by atoms with Gasteiger partial charge in [-0.25, -0.2) is 9.59 Å². The number of likely N-dealkylation sites (N-methyl/N-ethyl adjacent to an activating group) is 2. The molecule has 0 aromatic carbocycles. The van der Waals surface area contributed by atoms with Crippen LogP contribution in [0.3, 0.4) is 0 Å². The zero-order valence-corrected chi connectivity index (χ0v) is 9.78. The van der Waals surface area contributed by atoms with Gasteiger partial charge >= 0.3 is 12.0 Å². The van der Waals surface area contributed by atoms with Crippen molar-refractivity contribution in [2.24, 2.45) is 0 Å². The second-order valence-corrected chi connectivity index (χ2v) is 3.76. The van der Waals surface area contributed by atoms with Gasteiger partial charge in [-0.3, -0.25) is 0 Å². The molecule has 0 aromatic heterocycles. The minimum atomic E-state index is -1.94. The lowest BCUT2D eigenvalue weighted by atomic mass is 10.1. The van der Waals surface area contributed by atoms with E-state index in [1.54, 1.807) is 14.1 Å². The van der Waals surface area contributed by atoms with Crippen molar-refractivity contribution < 1.29 is 19.8 Å². The van der Waals surface area contributed by atoms with E-state index >= 15 is 0 Å². The monoisotopic (exact) mass is 233 g/mol. The number of nitrogens with one attached hydrogen (secondary N) is 2. The van der Waals surface area contributed by atoms with E-state index in [4.69, 9.17) is 5.11 Å². The third-order valence-corrected chi connectivity index (χ3v) is 2.09. The Bertz CT molecular complexity index is 255. The van der Waals surface area contributed by atoms with Crippen molar-refractivity contribution in [2.75, 3.05) is 33.7 Å². The fourth-order valence-electron chi connectivity index (χ4n) is 0.839. The molecule has 1 unspecified atom stereocenters. The molecule has 94 valence electrons. The molecule has 0 saturated heterocycles. The maximum Gasteiger partial charge on any atom is 0.337 e. The highest BCUT2D eigenvalue weighted by atomic mass is 16.4. The van der Waals surface area contributed by atoms with Crippen LogP contribution in [-0.4, -0.2) is 66.4 Å². The van der Waals surface area contributed by atoms with Crippen molar-refractivity contribution in [1.29, 1.82) is 0 Å². The summed E-state index contributed by atoms with van der Waals surface area (Å²) in [4.78, 5) is 23.3. The molecule has 4 N–H and O–H groups in total. The van der Waals surface area contributed by atoms with Gasteiger partial charge in [0.25, 0.3) is 0 Å². The van der Waals surface area contributed by atoms with Crippen molar-refractivity contribution in [1.82, 2.24) is 15.5 Å². The summed E-state index contributed by atoms with van der Waals surface area (Å²) in [5.41, 5.74) is -1.94. The first-order chi connectivity index (χ1) is 7.31. The number of aliphatic hydroxyl groups is 1. The number of hydrogen-bond acceptors (Lipinski definition) is 4. The highest BCUT2D eigenvalue weighted by Gasteiger charge is 2.30. The Hall–Kier alpha value is -1.34. The summed E-state index contributed by atoms with van der Waals surface area (Å²) < 4.78 is 0.